The van der Waals surface area contributed by atoms with Crippen molar-refractivity contribution in [1.29, 1.82) is 0 Å². The van der Waals surface area contributed by atoms with E-state index in [1.807, 2.05) is 0 Å². The van der Waals surface area contributed by atoms with E-state index in [0.29, 0.717) is 19.4 Å². The Morgan fingerprint density at radius 2 is 2.00 bits per heavy atom. The molecule has 0 aliphatic heterocycles. The van der Waals surface area contributed by atoms with Crippen molar-refractivity contribution in [2.75, 3.05) is 20.6 Å². The van der Waals surface area contributed by atoms with Crippen molar-refractivity contribution in [3.05, 3.63) is 0 Å². The van der Waals surface area contributed by atoms with Crippen molar-refractivity contribution < 1.29 is 19.5 Å². The van der Waals surface area contributed by atoms with Crippen LogP contribution in [0, 0.1) is 5.92 Å². The number of aliphatic carboxylic acids is 1. The largest absolute Gasteiger partial charge is 0.481 e. The maximum absolute atomic E-state index is 11.9. The first kappa shape index (κ1) is 16.3. The van der Waals surface area contributed by atoms with Crippen LogP contribution in [0.15, 0.2) is 0 Å². The molecule has 0 aromatic heterocycles. The van der Waals surface area contributed by atoms with Crippen LogP contribution in [0.3, 0.4) is 0 Å². The summed E-state index contributed by atoms with van der Waals surface area (Å²) in [6.45, 7) is 0.334. The van der Waals surface area contributed by atoms with Crippen LogP contribution in [0.4, 0.5) is 4.79 Å². The highest BCUT2D eigenvalue weighted by molar-refractivity contribution is 5.78. The SMILES string of the molecule is CNC(=O)CCN(C)C(=O)NC1CCCC(C(=O)O)C1. The summed E-state index contributed by atoms with van der Waals surface area (Å²) in [5.41, 5.74) is 0. The second-order valence-corrected chi connectivity index (χ2v) is 5.19. The zero-order valence-corrected chi connectivity index (χ0v) is 12.0. The van der Waals surface area contributed by atoms with Gasteiger partial charge in [-0.2, -0.15) is 0 Å². The molecule has 1 fully saturated rings. The molecule has 1 rings (SSSR count). The van der Waals surface area contributed by atoms with Crippen LogP contribution in [0.2, 0.25) is 0 Å². The Hall–Kier alpha value is -1.79. The van der Waals surface area contributed by atoms with Gasteiger partial charge in [0.05, 0.1) is 5.92 Å². The summed E-state index contributed by atoms with van der Waals surface area (Å²) in [5.74, 6) is -1.28. The Bertz CT molecular complexity index is 373. The second-order valence-electron chi connectivity index (χ2n) is 5.19. The summed E-state index contributed by atoms with van der Waals surface area (Å²) in [6, 6.07) is -0.357. The van der Waals surface area contributed by atoms with Crippen molar-refractivity contribution >= 4 is 17.9 Å². The fraction of sp³-hybridized carbons (Fsp3) is 0.769. The fourth-order valence-corrected chi connectivity index (χ4v) is 2.33. The van der Waals surface area contributed by atoms with Gasteiger partial charge < -0.3 is 20.6 Å². The Labute approximate surface area is 118 Å². The number of hydrogen-bond donors (Lipinski definition) is 3. The highest BCUT2D eigenvalue weighted by atomic mass is 16.4. The van der Waals surface area contributed by atoms with Crippen LogP contribution in [0.5, 0.6) is 0 Å². The molecule has 0 bridgehead atoms. The van der Waals surface area contributed by atoms with E-state index in [1.54, 1.807) is 14.1 Å². The highest BCUT2D eigenvalue weighted by Crippen LogP contribution is 2.24. The Balaban J connectivity index is 2.37. The molecule has 7 heteroatoms. The predicted molar refractivity (Wildman–Crippen MR) is 73.2 cm³/mol. The molecule has 0 spiro atoms. The molecule has 7 nitrogen and oxygen atoms in total. The van der Waals surface area contributed by atoms with E-state index in [9.17, 15) is 14.4 Å². The van der Waals surface area contributed by atoms with Crippen molar-refractivity contribution in [3.8, 4) is 0 Å². The van der Waals surface area contributed by atoms with Crippen molar-refractivity contribution in [1.82, 2.24) is 15.5 Å². The molecule has 0 saturated heterocycles. The molecule has 2 unspecified atom stereocenters. The van der Waals surface area contributed by atoms with Gasteiger partial charge in [-0.3, -0.25) is 9.59 Å². The first-order chi connectivity index (χ1) is 9.43. The monoisotopic (exact) mass is 285 g/mol. The summed E-state index contributed by atoms with van der Waals surface area (Å²) in [6.07, 6.45) is 3.02. The smallest absolute Gasteiger partial charge is 0.317 e. The molecular weight excluding hydrogens is 262 g/mol. The van der Waals surface area contributed by atoms with Gasteiger partial charge in [-0.15, -0.1) is 0 Å². The standard InChI is InChI=1S/C13H23N3O4/c1-14-11(17)6-7-16(2)13(20)15-10-5-3-4-9(8-10)12(18)19/h9-10H,3-8H2,1-2H3,(H,14,17)(H,15,20)(H,18,19). The van der Waals surface area contributed by atoms with E-state index in [1.165, 1.54) is 4.90 Å². The molecule has 0 radical (unpaired) electrons. The quantitative estimate of drug-likeness (QED) is 0.681. The van der Waals surface area contributed by atoms with Gasteiger partial charge in [0, 0.05) is 33.1 Å². The molecule has 20 heavy (non-hydrogen) atoms. The van der Waals surface area contributed by atoms with Crippen molar-refractivity contribution in [3.63, 3.8) is 0 Å². The maximum atomic E-state index is 11.9. The molecule has 0 aromatic carbocycles. The number of amides is 3. The number of carboxylic acid groups (broad SMARTS) is 1. The van der Waals surface area contributed by atoms with E-state index in [-0.39, 0.29) is 30.3 Å². The maximum Gasteiger partial charge on any atom is 0.317 e. The van der Waals surface area contributed by atoms with Gasteiger partial charge in [-0.25, -0.2) is 4.79 Å². The van der Waals surface area contributed by atoms with Crippen LogP contribution < -0.4 is 10.6 Å². The Kier molecular flexibility index (Phi) is 6.27. The summed E-state index contributed by atoms with van der Waals surface area (Å²) < 4.78 is 0. The van der Waals surface area contributed by atoms with Crippen LogP contribution in [-0.2, 0) is 9.59 Å². The third kappa shape index (κ3) is 5.07. The van der Waals surface area contributed by atoms with E-state index >= 15 is 0 Å². The van der Waals surface area contributed by atoms with E-state index in [0.717, 1.165) is 12.8 Å². The number of carboxylic acids is 1. The molecule has 0 heterocycles. The van der Waals surface area contributed by atoms with E-state index < -0.39 is 5.97 Å². The number of nitrogens with one attached hydrogen (secondary N) is 2. The number of rotatable bonds is 5. The van der Waals surface area contributed by atoms with Gasteiger partial charge in [0.15, 0.2) is 0 Å². The molecule has 1 aliphatic rings. The van der Waals surface area contributed by atoms with Gasteiger partial charge >= 0.3 is 12.0 Å². The van der Waals surface area contributed by atoms with E-state index in [2.05, 4.69) is 10.6 Å². The first-order valence-electron chi connectivity index (χ1n) is 6.89. The number of urea groups is 1. The van der Waals surface area contributed by atoms with Crippen LogP contribution in [0.25, 0.3) is 0 Å². The third-order valence-corrected chi connectivity index (χ3v) is 3.65. The van der Waals surface area contributed by atoms with Crippen molar-refractivity contribution in [2.24, 2.45) is 5.92 Å². The fourth-order valence-electron chi connectivity index (χ4n) is 2.33. The molecule has 3 N–H and O–H groups in total. The minimum Gasteiger partial charge on any atom is -0.481 e. The van der Waals surface area contributed by atoms with Crippen molar-refractivity contribution in [2.45, 2.75) is 38.1 Å². The van der Waals surface area contributed by atoms with Crippen LogP contribution in [0.1, 0.15) is 32.1 Å². The normalized spacial score (nSPS) is 21.9. The Morgan fingerprint density at radius 3 is 2.60 bits per heavy atom. The van der Waals surface area contributed by atoms with Gasteiger partial charge in [0.25, 0.3) is 0 Å². The molecule has 1 saturated carbocycles. The topological polar surface area (TPSA) is 98.7 Å². The lowest BCUT2D eigenvalue weighted by molar-refractivity contribution is -0.143. The lowest BCUT2D eigenvalue weighted by Crippen LogP contribution is -2.46. The van der Waals surface area contributed by atoms with Crippen LogP contribution >= 0.6 is 0 Å². The number of carbonyl (C=O) groups excluding carboxylic acids is 2. The minimum absolute atomic E-state index is 0.0974. The van der Waals surface area contributed by atoms with Gasteiger partial charge in [0.2, 0.25) is 5.91 Å². The zero-order chi connectivity index (χ0) is 15.1. The minimum atomic E-state index is -0.795. The lowest BCUT2D eigenvalue weighted by Gasteiger charge is -2.29. The molecule has 114 valence electrons. The Morgan fingerprint density at radius 1 is 1.30 bits per heavy atom. The third-order valence-electron chi connectivity index (χ3n) is 3.65. The van der Waals surface area contributed by atoms with Gasteiger partial charge in [0.1, 0.15) is 0 Å². The highest BCUT2D eigenvalue weighted by Gasteiger charge is 2.28. The summed E-state index contributed by atoms with van der Waals surface area (Å²) in [5, 5.41) is 14.3. The lowest BCUT2D eigenvalue weighted by atomic mass is 9.86. The predicted octanol–water partition coefficient (Wildman–Crippen LogP) is 0.407. The van der Waals surface area contributed by atoms with Crippen LogP contribution in [-0.4, -0.2) is 54.6 Å². The molecule has 1 aliphatic carbocycles. The van der Waals surface area contributed by atoms with E-state index in [4.69, 9.17) is 5.11 Å². The average molecular weight is 285 g/mol. The average Bonchev–Trinajstić information content (AvgIpc) is 2.44. The number of carbonyl (C=O) groups is 3. The summed E-state index contributed by atoms with van der Waals surface area (Å²) >= 11 is 0. The molecule has 2 atom stereocenters. The summed E-state index contributed by atoms with van der Waals surface area (Å²) in [4.78, 5) is 35.4. The summed E-state index contributed by atoms with van der Waals surface area (Å²) in [7, 11) is 3.17. The second kappa shape index (κ2) is 7.72. The van der Waals surface area contributed by atoms with Gasteiger partial charge in [-0.05, 0) is 19.3 Å². The van der Waals surface area contributed by atoms with Gasteiger partial charge in [-0.1, -0.05) is 6.42 Å². The zero-order valence-electron chi connectivity index (χ0n) is 12.0. The molecular formula is C13H23N3O4. The molecule has 0 aromatic rings. The first-order valence-corrected chi connectivity index (χ1v) is 6.89. The number of hydrogen-bond acceptors (Lipinski definition) is 3. The molecule has 3 amide bonds. The number of nitrogens with zero attached hydrogens (tertiary/aromatic N) is 1.